The zero-order valence-electron chi connectivity index (χ0n) is 13.1. The van der Waals surface area contributed by atoms with Gasteiger partial charge in [0.25, 0.3) is 5.91 Å². The summed E-state index contributed by atoms with van der Waals surface area (Å²) in [5.41, 5.74) is 3.35. The molecule has 3 nitrogen and oxygen atoms in total. The van der Waals surface area contributed by atoms with Gasteiger partial charge < -0.3 is 5.32 Å². The first kappa shape index (κ1) is 16.2. The quantitative estimate of drug-likeness (QED) is 0.395. The molecule has 0 aliphatic rings. The third-order valence-corrected chi connectivity index (χ3v) is 5.83. The predicted octanol–water partition coefficient (Wildman–Crippen LogP) is 5.82. The van der Waals surface area contributed by atoms with Crippen molar-refractivity contribution in [3.05, 3.63) is 81.9 Å². The SMILES string of the molecule is O=C(Nc1ccccc1-c1nc2ccccc2s1)c1ccccc1I. The zero-order valence-corrected chi connectivity index (χ0v) is 16.0. The molecule has 1 N–H and O–H groups in total. The van der Waals surface area contributed by atoms with Crippen LogP contribution in [0.2, 0.25) is 0 Å². The molecule has 0 spiro atoms. The molecule has 0 unspecified atom stereocenters. The summed E-state index contributed by atoms with van der Waals surface area (Å²) < 4.78 is 2.06. The lowest BCUT2D eigenvalue weighted by Crippen LogP contribution is -2.13. The van der Waals surface area contributed by atoms with Crippen LogP contribution in [0, 0.1) is 3.57 Å². The van der Waals surface area contributed by atoms with E-state index in [1.807, 2.05) is 66.7 Å². The van der Waals surface area contributed by atoms with E-state index in [0.717, 1.165) is 30.0 Å². The fourth-order valence-electron chi connectivity index (χ4n) is 2.60. The van der Waals surface area contributed by atoms with E-state index in [9.17, 15) is 4.79 Å². The highest BCUT2D eigenvalue weighted by atomic mass is 127. The second-order valence-corrected chi connectivity index (χ2v) is 7.66. The van der Waals surface area contributed by atoms with Crippen molar-refractivity contribution in [1.29, 1.82) is 0 Å². The van der Waals surface area contributed by atoms with Crippen LogP contribution in [0.1, 0.15) is 10.4 Å². The Kier molecular flexibility index (Phi) is 4.50. The number of carbonyl (C=O) groups excluding carboxylic acids is 1. The lowest BCUT2D eigenvalue weighted by molar-refractivity contribution is 0.102. The molecule has 4 rings (SSSR count). The zero-order chi connectivity index (χ0) is 17.2. The summed E-state index contributed by atoms with van der Waals surface area (Å²) in [7, 11) is 0. The number of nitrogens with one attached hydrogen (secondary N) is 1. The molecular formula is C20H13IN2OS. The molecule has 0 atom stereocenters. The van der Waals surface area contributed by atoms with Crippen molar-refractivity contribution in [2.75, 3.05) is 5.32 Å². The summed E-state index contributed by atoms with van der Waals surface area (Å²) in [6, 6.07) is 23.4. The monoisotopic (exact) mass is 456 g/mol. The van der Waals surface area contributed by atoms with Crippen LogP contribution in [0.4, 0.5) is 5.69 Å². The Hall–Kier alpha value is -2.25. The number of nitrogens with zero attached hydrogens (tertiary/aromatic N) is 1. The minimum atomic E-state index is -0.112. The molecule has 1 heterocycles. The number of rotatable bonds is 3. The highest BCUT2D eigenvalue weighted by Gasteiger charge is 2.14. The fraction of sp³-hybridized carbons (Fsp3) is 0. The smallest absolute Gasteiger partial charge is 0.256 e. The minimum absolute atomic E-state index is 0.112. The summed E-state index contributed by atoms with van der Waals surface area (Å²) in [5, 5.41) is 3.94. The van der Waals surface area contributed by atoms with Gasteiger partial charge in [0.1, 0.15) is 5.01 Å². The molecule has 0 saturated heterocycles. The molecule has 0 aliphatic heterocycles. The number of aromatic nitrogens is 1. The number of carbonyl (C=O) groups is 1. The average molecular weight is 456 g/mol. The number of benzene rings is 3. The van der Waals surface area contributed by atoms with Crippen molar-refractivity contribution in [3.8, 4) is 10.6 Å². The molecule has 5 heteroatoms. The molecule has 0 saturated carbocycles. The third kappa shape index (κ3) is 3.29. The molecule has 3 aromatic carbocycles. The fourth-order valence-corrected chi connectivity index (χ4v) is 4.24. The van der Waals surface area contributed by atoms with E-state index in [-0.39, 0.29) is 5.91 Å². The van der Waals surface area contributed by atoms with Crippen molar-refractivity contribution in [3.63, 3.8) is 0 Å². The van der Waals surface area contributed by atoms with Crippen molar-refractivity contribution in [2.45, 2.75) is 0 Å². The van der Waals surface area contributed by atoms with Gasteiger partial charge in [-0.15, -0.1) is 11.3 Å². The predicted molar refractivity (Wildman–Crippen MR) is 112 cm³/mol. The van der Waals surface area contributed by atoms with E-state index in [4.69, 9.17) is 4.98 Å². The average Bonchev–Trinajstić information content (AvgIpc) is 3.06. The molecular weight excluding hydrogens is 443 g/mol. The van der Waals surface area contributed by atoms with E-state index in [1.54, 1.807) is 11.3 Å². The first-order valence-corrected chi connectivity index (χ1v) is 9.63. The molecule has 0 radical (unpaired) electrons. The molecule has 25 heavy (non-hydrogen) atoms. The van der Waals surface area contributed by atoms with Gasteiger partial charge in [0.2, 0.25) is 0 Å². The summed E-state index contributed by atoms with van der Waals surface area (Å²) >= 11 is 3.80. The topological polar surface area (TPSA) is 42.0 Å². The lowest BCUT2D eigenvalue weighted by atomic mass is 10.1. The van der Waals surface area contributed by atoms with Crippen molar-refractivity contribution in [1.82, 2.24) is 4.98 Å². The summed E-state index contributed by atoms with van der Waals surface area (Å²) in [4.78, 5) is 17.4. The molecule has 0 fully saturated rings. The van der Waals surface area contributed by atoms with E-state index < -0.39 is 0 Å². The van der Waals surface area contributed by atoms with Crippen LogP contribution in [-0.4, -0.2) is 10.9 Å². The van der Waals surface area contributed by atoms with Crippen LogP contribution in [0.25, 0.3) is 20.8 Å². The molecule has 1 aromatic heterocycles. The van der Waals surface area contributed by atoms with E-state index in [1.165, 1.54) is 0 Å². The van der Waals surface area contributed by atoms with Crippen molar-refractivity contribution < 1.29 is 4.79 Å². The number of hydrogen-bond acceptors (Lipinski definition) is 3. The van der Waals surface area contributed by atoms with Gasteiger partial charge in [-0.2, -0.15) is 0 Å². The molecule has 4 aromatic rings. The maximum Gasteiger partial charge on any atom is 0.256 e. The third-order valence-electron chi connectivity index (χ3n) is 3.82. The number of anilines is 1. The maximum atomic E-state index is 12.7. The number of fused-ring (bicyclic) bond motifs is 1. The number of hydrogen-bond donors (Lipinski definition) is 1. The van der Waals surface area contributed by atoms with Crippen LogP contribution in [-0.2, 0) is 0 Å². The summed E-state index contributed by atoms with van der Waals surface area (Å²) in [5.74, 6) is -0.112. The summed E-state index contributed by atoms with van der Waals surface area (Å²) in [6.07, 6.45) is 0. The molecule has 0 aliphatic carbocycles. The Labute approximate surface area is 162 Å². The molecule has 0 bridgehead atoms. The second kappa shape index (κ2) is 6.93. The number of para-hydroxylation sites is 2. The number of amides is 1. The van der Waals surface area contributed by atoms with Crippen LogP contribution in [0.5, 0.6) is 0 Å². The van der Waals surface area contributed by atoms with Crippen molar-refractivity contribution >= 4 is 55.7 Å². The van der Waals surface area contributed by atoms with Gasteiger partial charge >= 0.3 is 0 Å². The molecule has 1 amide bonds. The Morgan fingerprint density at radius 3 is 2.48 bits per heavy atom. The van der Waals surface area contributed by atoms with Crippen LogP contribution < -0.4 is 5.32 Å². The number of thiazole rings is 1. The van der Waals surface area contributed by atoms with Gasteiger partial charge in [-0.3, -0.25) is 4.79 Å². The van der Waals surface area contributed by atoms with Gasteiger partial charge in [0.05, 0.1) is 21.5 Å². The van der Waals surface area contributed by atoms with Gasteiger partial charge in [-0.05, 0) is 59.0 Å². The van der Waals surface area contributed by atoms with Gasteiger partial charge in [0, 0.05) is 9.13 Å². The highest BCUT2D eigenvalue weighted by molar-refractivity contribution is 14.1. The Morgan fingerprint density at radius 2 is 1.64 bits per heavy atom. The Bertz CT molecular complexity index is 1040. The lowest BCUT2D eigenvalue weighted by Gasteiger charge is -2.10. The van der Waals surface area contributed by atoms with E-state index in [2.05, 4.69) is 34.0 Å². The van der Waals surface area contributed by atoms with Crippen molar-refractivity contribution in [2.24, 2.45) is 0 Å². The normalized spacial score (nSPS) is 10.8. The molecule has 122 valence electrons. The standard InChI is InChI=1S/C20H13IN2OS/c21-15-9-3-1-7-13(15)19(24)22-16-10-4-2-8-14(16)20-23-17-11-5-6-12-18(17)25-20/h1-12H,(H,22,24). The number of halogens is 1. The van der Waals surface area contributed by atoms with Crippen LogP contribution in [0.15, 0.2) is 72.8 Å². The van der Waals surface area contributed by atoms with Crippen LogP contribution in [0.3, 0.4) is 0 Å². The van der Waals surface area contributed by atoms with Gasteiger partial charge in [-0.25, -0.2) is 4.98 Å². The van der Waals surface area contributed by atoms with Gasteiger partial charge in [0.15, 0.2) is 0 Å². The minimum Gasteiger partial charge on any atom is -0.321 e. The highest BCUT2D eigenvalue weighted by Crippen LogP contribution is 2.34. The first-order chi connectivity index (χ1) is 12.2. The summed E-state index contributed by atoms with van der Waals surface area (Å²) in [6.45, 7) is 0. The van der Waals surface area contributed by atoms with E-state index in [0.29, 0.717) is 5.56 Å². The maximum absolute atomic E-state index is 12.7. The largest absolute Gasteiger partial charge is 0.321 e. The first-order valence-electron chi connectivity index (χ1n) is 7.73. The van der Waals surface area contributed by atoms with Crippen LogP contribution >= 0.6 is 33.9 Å². The van der Waals surface area contributed by atoms with Gasteiger partial charge in [-0.1, -0.05) is 36.4 Å². The second-order valence-electron chi connectivity index (χ2n) is 5.47. The Balaban J connectivity index is 1.72. The Morgan fingerprint density at radius 1 is 0.920 bits per heavy atom. The van der Waals surface area contributed by atoms with E-state index >= 15 is 0 Å².